The molecule has 0 bridgehead atoms. The molecule has 10 heteroatoms. The van der Waals surface area contributed by atoms with Crippen LogP contribution in [0.25, 0.3) is 0 Å². The molecule has 1 aromatic rings. The van der Waals surface area contributed by atoms with Crippen molar-refractivity contribution < 1.29 is 28.8 Å². The third kappa shape index (κ3) is 4.48. The van der Waals surface area contributed by atoms with Gasteiger partial charge in [-0.2, -0.15) is 0 Å². The number of nitro benzene ring substituents is 1. The molecular formula is C20H22N2O7S. The van der Waals surface area contributed by atoms with Gasteiger partial charge < -0.3 is 14.4 Å². The number of amides is 1. The van der Waals surface area contributed by atoms with Crippen LogP contribution in [0.2, 0.25) is 0 Å². The highest BCUT2D eigenvalue weighted by atomic mass is 32.2. The average Bonchev–Trinajstić information content (AvgIpc) is 3.04. The van der Waals surface area contributed by atoms with Gasteiger partial charge in [0.15, 0.2) is 0 Å². The quantitative estimate of drug-likeness (QED) is 0.252. The Morgan fingerprint density at radius 1 is 1.27 bits per heavy atom. The Balaban J connectivity index is 1.64. The first-order valence-electron chi connectivity index (χ1n) is 9.56. The van der Waals surface area contributed by atoms with Crippen molar-refractivity contribution in [3.8, 4) is 0 Å². The van der Waals surface area contributed by atoms with Crippen LogP contribution in [0.4, 0.5) is 5.69 Å². The summed E-state index contributed by atoms with van der Waals surface area (Å²) in [5, 5.41) is 10.7. The standard InChI is InChI=1S/C20H22N2O7S/c1-3-30-17-10-16-15(8-9-28-12(2)23)19(24)21(16)18(17)20(25)29-11-13-4-6-14(7-5-13)22(26)27/h4-7,15-16H,3,8-11H2,1-2H3. The number of fused-ring (bicyclic) bond motifs is 1. The minimum Gasteiger partial charge on any atom is -0.466 e. The molecule has 2 unspecified atom stereocenters. The number of β-lactam (4-membered cyclic amide) rings is 1. The molecule has 9 nitrogen and oxygen atoms in total. The number of esters is 2. The van der Waals surface area contributed by atoms with Crippen LogP contribution in [0.1, 0.15) is 32.3 Å². The normalized spacial score (nSPS) is 19.9. The molecule has 0 radical (unpaired) electrons. The van der Waals surface area contributed by atoms with Gasteiger partial charge in [0.25, 0.3) is 5.69 Å². The summed E-state index contributed by atoms with van der Waals surface area (Å²) in [6, 6.07) is 5.62. The molecule has 0 spiro atoms. The number of ether oxygens (including phenoxy) is 2. The molecule has 1 saturated heterocycles. The third-order valence-electron chi connectivity index (χ3n) is 5.01. The van der Waals surface area contributed by atoms with Gasteiger partial charge in [-0.15, -0.1) is 11.8 Å². The molecule has 1 fully saturated rings. The summed E-state index contributed by atoms with van der Waals surface area (Å²) < 4.78 is 10.3. The van der Waals surface area contributed by atoms with Gasteiger partial charge in [0.2, 0.25) is 5.91 Å². The molecule has 0 N–H and O–H groups in total. The van der Waals surface area contributed by atoms with Crippen molar-refractivity contribution in [1.82, 2.24) is 4.90 Å². The zero-order valence-electron chi connectivity index (χ0n) is 16.7. The number of hydrogen-bond acceptors (Lipinski definition) is 8. The lowest BCUT2D eigenvalue weighted by molar-refractivity contribution is -0.384. The van der Waals surface area contributed by atoms with Crippen LogP contribution >= 0.6 is 11.8 Å². The highest BCUT2D eigenvalue weighted by Gasteiger charge is 2.55. The number of carbonyl (C=O) groups is 3. The van der Waals surface area contributed by atoms with Gasteiger partial charge >= 0.3 is 11.9 Å². The van der Waals surface area contributed by atoms with Gasteiger partial charge in [0.1, 0.15) is 12.3 Å². The van der Waals surface area contributed by atoms with E-state index in [1.807, 2.05) is 6.92 Å². The fourth-order valence-electron chi connectivity index (χ4n) is 3.63. The second-order valence-electron chi connectivity index (χ2n) is 6.92. The van der Waals surface area contributed by atoms with Gasteiger partial charge in [0, 0.05) is 30.4 Å². The van der Waals surface area contributed by atoms with Crippen molar-refractivity contribution >= 4 is 35.3 Å². The molecule has 2 heterocycles. The SMILES string of the molecule is CCSC1=C(C(=O)OCc2ccc([N+](=O)[O-])cc2)N2C(=O)C(CCOC(C)=O)C2C1. The Labute approximate surface area is 177 Å². The fraction of sp³-hybridized carbons (Fsp3) is 0.450. The van der Waals surface area contributed by atoms with Crippen molar-refractivity contribution in [2.45, 2.75) is 39.3 Å². The highest BCUT2D eigenvalue weighted by Crippen LogP contribution is 2.47. The van der Waals surface area contributed by atoms with E-state index in [2.05, 4.69) is 0 Å². The number of rotatable bonds is 9. The second-order valence-corrected chi connectivity index (χ2v) is 8.28. The Hall–Kier alpha value is -2.88. The Morgan fingerprint density at radius 2 is 1.97 bits per heavy atom. The predicted octanol–water partition coefficient (Wildman–Crippen LogP) is 2.79. The monoisotopic (exact) mass is 434 g/mol. The minimum absolute atomic E-state index is 0.0426. The summed E-state index contributed by atoms with van der Waals surface area (Å²) in [7, 11) is 0. The van der Waals surface area contributed by atoms with Crippen molar-refractivity contribution in [2.75, 3.05) is 12.4 Å². The first kappa shape index (κ1) is 21.8. The van der Waals surface area contributed by atoms with Gasteiger partial charge in [-0.1, -0.05) is 6.92 Å². The van der Waals surface area contributed by atoms with Crippen LogP contribution in [-0.2, 0) is 30.5 Å². The summed E-state index contributed by atoms with van der Waals surface area (Å²) in [5.41, 5.74) is 0.851. The fourth-order valence-corrected chi connectivity index (χ4v) is 4.58. The lowest BCUT2D eigenvalue weighted by Gasteiger charge is -2.43. The van der Waals surface area contributed by atoms with Crippen LogP contribution in [0, 0.1) is 16.0 Å². The molecule has 0 saturated carbocycles. The topological polar surface area (TPSA) is 116 Å². The van der Waals surface area contributed by atoms with Crippen LogP contribution in [-0.4, -0.2) is 46.1 Å². The maximum absolute atomic E-state index is 12.8. The van der Waals surface area contributed by atoms with E-state index in [4.69, 9.17) is 9.47 Å². The maximum Gasteiger partial charge on any atom is 0.356 e. The molecule has 2 atom stereocenters. The zero-order chi connectivity index (χ0) is 21.8. The smallest absolute Gasteiger partial charge is 0.356 e. The first-order chi connectivity index (χ1) is 14.3. The van der Waals surface area contributed by atoms with Crippen LogP contribution in [0.15, 0.2) is 34.9 Å². The van der Waals surface area contributed by atoms with Crippen LogP contribution in [0.3, 0.4) is 0 Å². The van der Waals surface area contributed by atoms with Crippen molar-refractivity contribution in [3.05, 3.63) is 50.5 Å². The van der Waals surface area contributed by atoms with Gasteiger partial charge in [0.05, 0.1) is 23.5 Å². The molecule has 1 aromatic carbocycles. The largest absolute Gasteiger partial charge is 0.466 e. The van der Waals surface area contributed by atoms with E-state index in [-0.39, 0.29) is 48.4 Å². The summed E-state index contributed by atoms with van der Waals surface area (Å²) in [4.78, 5) is 48.9. The Kier molecular flexibility index (Phi) is 6.76. The van der Waals surface area contributed by atoms with Crippen molar-refractivity contribution in [3.63, 3.8) is 0 Å². The van der Waals surface area contributed by atoms with Gasteiger partial charge in [-0.3, -0.25) is 19.7 Å². The molecule has 2 aliphatic rings. The highest BCUT2D eigenvalue weighted by molar-refractivity contribution is 8.03. The number of hydrogen-bond donors (Lipinski definition) is 0. The molecule has 3 rings (SSSR count). The van der Waals surface area contributed by atoms with Crippen LogP contribution in [0.5, 0.6) is 0 Å². The number of carbonyl (C=O) groups excluding carboxylic acids is 3. The summed E-state index contributed by atoms with van der Waals surface area (Å²) >= 11 is 1.51. The zero-order valence-corrected chi connectivity index (χ0v) is 17.5. The number of benzene rings is 1. The number of non-ortho nitro benzene ring substituents is 1. The molecule has 1 amide bonds. The summed E-state index contributed by atoms with van der Waals surface area (Å²) in [6.45, 7) is 3.41. The lowest BCUT2D eigenvalue weighted by Crippen LogP contribution is -2.58. The summed E-state index contributed by atoms with van der Waals surface area (Å²) in [5.74, 6) is -0.668. The van der Waals surface area contributed by atoms with E-state index >= 15 is 0 Å². The Morgan fingerprint density at radius 3 is 2.57 bits per heavy atom. The van der Waals surface area contributed by atoms with E-state index in [1.165, 1.54) is 47.9 Å². The summed E-state index contributed by atoms with van der Waals surface area (Å²) in [6.07, 6.45) is 1.01. The third-order valence-corrected chi connectivity index (χ3v) is 6.01. The van der Waals surface area contributed by atoms with E-state index < -0.39 is 10.9 Å². The van der Waals surface area contributed by atoms with Gasteiger partial charge in [-0.05, 0) is 29.9 Å². The molecular weight excluding hydrogens is 412 g/mol. The number of nitrogens with zero attached hydrogens (tertiary/aromatic N) is 2. The van der Waals surface area contributed by atoms with Crippen molar-refractivity contribution in [1.29, 1.82) is 0 Å². The average molecular weight is 434 g/mol. The molecule has 2 aliphatic heterocycles. The minimum atomic E-state index is -0.585. The van der Waals surface area contributed by atoms with E-state index in [1.54, 1.807) is 0 Å². The van der Waals surface area contributed by atoms with E-state index in [0.29, 0.717) is 18.4 Å². The second kappa shape index (κ2) is 9.29. The predicted molar refractivity (Wildman–Crippen MR) is 108 cm³/mol. The molecule has 160 valence electrons. The molecule has 30 heavy (non-hydrogen) atoms. The first-order valence-corrected chi connectivity index (χ1v) is 10.5. The maximum atomic E-state index is 12.8. The van der Waals surface area contributed by atoms with Crippen LogP contribution < -0.4 is 0 Å². The molecule has 0 aliphatic carbocycles. The van der Waals surface area contributed by atoms with Crippen molar-refractivity contribution in [2.24, 2.45) is 5.92 Å². The van der Waals surface area contributed by atoms with E-state index in [9.17, 15) is 24.5 Å². The molecule has 0 aromatic heterocycles. The van der Waals surface area contributed by atoms with E-state index in [0.717, 1.165) is 10.7 Å². The number of nitro groups is 1. The number of thioether (sulfide) groups is 1. The Bertz CT molecular complexity index is 897. The lowest BCUT2D eigenvalue weighted by atomic mass is 9.85. The van der Waals surface area contributed by atoms with Gasteiger partial charge in [-0.25, -0.2) is 4.79 Å².